The molecule has 2 N–H and O–H groups in total. The van der Waals surface area contributed by atoms with E-state index in [1.54, 1.807) is 7.11 Å². The van der Waals surface area contributed by atoms with E-state index in [-0.39, 0.29) is 11.8 Å². The lowest BCUT2D eigenvalue weighted by molar-refractivity contribution is -0.124. The van der Waals surface area contributed by atoms with Crippen molar-refractivity contribution in [3.63, 3.8) is 0 Å². The normalized spacial score (nSPS) is 11.9. The van der Waals surface area contributed by atoms with Crippen molar-refractivity contribution < 1.29 is 18.7 Å². The molecule has 2 aromatic rings. The molecule has 27 heavy (non-hydrogen) atoms. The maximum absolute atomic E-state index is 13.0. The van der Waals surface area contributed by atoms with Gasteiger partial charge < -0.3 is 15.4 Å². The molecule has 0 heterocycles. The van der Waals surface area contributed by atoms with Gasteiger partial charge in [-0.1, -0.05) is 38.1 Å². The predicted molar refractivity (Wildman–Crippen MR) is 101 cm³/mol. The van der Waals surface area contributed by atoms with Crippen LogP contribution in [0.4, 0.5) is 4.39 Å². The molecule has 1 unspecified atom stereocenters. The maximum Gasteiger partial charge on any atom is 0.251 e. The number of amides is 2. The molecular weight excluding hydrogens is 347 g/mol. The molecular formula is C21H25FN2O3. The summed E-state index contributed by atoms with van der Waals surface area (Å²) in [4.78, 5) is 25.0. The van der Waals surface area contributed by atoms with Gasteiger partial charge in [-0.15, -0.1) is 0 Å². The zero-order valence-corrected chi connectivity index (χ0v) is 15.8. The van der Waals surface area contributed by atoms with E-state index in [9.17, 15) is 14.0 Å². The van der Waals surface area contributed by atoms with Crippen molar-refractivity contribution in [2.45, 2.75) is 33.0 Å². The number of carbonyl (C=O) groups is 2. The highest BCUT2D eigenvalue weighted by Gasteiger charge is 2.24. The van der Waals surface area contributed by atoms with E-state index in [0.29, 0.717) is 18.7 Å². The van der Waals surface area contributed by atoms with Crippen molar-refractivity contribution in [1.29, 1.82) is 0 Å². The number of methoxy groups -OCH3 is 1. The number of hydrogen-bond acceptors (Lipinski definition) is 3. The Morgan fingerprint density at radius 2 is 1.67 bits per heavy atom. The first-order valence-electron chi connectivity index (χ1n) is 8.82. The van der Waals surface area contributed by atoms with Crippen LogP contribution in [-0.4, -0.2) is 25.0 Å². The summed E-state index contributed by atoms with van der Waals surface area (Å²) < 4.78 is 18.2. The Hall–Kier alpha value is -2.73. The molecule has 6 heteroatoms. The van der Waals surface area contributed by atoms with Crippen LogP contribution in [0.25, 0.3) is 0 Å². The van der Waals surface area contributed by atoms with Crippen LogP contribution in [0.15, 0.2) is 48.5 Å². The second kappa shape index (κ2) is 9.83. The van der Waals surface area contributed by atoms with Crippen LogP contribution in [0.2, 0.25) is 0 Å². The SMILES string of the molecule is COCc1ccccc1CNC(=O)C(NC(=O)c1ccc(F)cc1)C(C)C. The maximum atomic E-state index is 13.0. The summed E-state index contributed by atoms with van der Waals surface area (Å²) in [5, 5.41) is 5.61. The van der Waals surface area contributed by atoms with Crippen LogP contribution in [0.1, 0.15) is 35.3 Å². The summed E-state index contributed by atoms with van der Waals surface area (Å²) in [5.41, 5.74) is 2.26. The lowest BCUT2D eigenvalue weighted by Gasteiger charge is -2.22. The Morgan fingerprint density at radius 3 is 2.26 bits per heavy atom. The first-order chi connectivity index (χ1) is 12.9. The Morgan fingerprint density at radius 1 is 1.04 bits per heavy atom. The lowest BCUT2D eigenvalue weighted by atomic mass is 10.0. The summed E-state index contributed by atoms with van der Waals surface area (Å²) in [6.45, 7) is 4.51. The van der Waals surface area contributed by atoms with Gasteiger partial charge in [-0.2, -0.15) is 0 Å². The third-order valence-corrected chi connectivity index (χ3v) is 4.21. The summed E-state index contributed by atoms with van der Waals surface area (Å²) >= 11 is 0. The van der Waals surface area contributed by atoms with Crippen LogP contribution in [0.3, 0.4) is 0 Å². The minimum absolute atomic E-state index is 0.108. The highest BCUT2D eigenvalue weighted by molar-refractivity contribution is 5.97. The average molecular weight is 372 g/mol. The van der Waals surface area contributed by atoms with E-state index in [1.165, 1.54) is 24.3 Å². The third kappa shape index (κ3) is 5.89. The number of ether oxygens (including phenoxy) is 1. The standard InChI is InChI=1S/C21H25FN2O3/c1-14(2)19(24-20(25)15-8-10-18(22)11-9-15)21(26)23-12-16-6-4-5-7-17(16)13-27-3/h4-11,14,19H,12-13H2,1-3H3,(H,23,26)(H,24,25). The van der Waals surface area contributed by atoms with E-state index in [4.69, 9.17) is 4.74 Å². The van der Waals surface area contributed by atoms with Gasteiger partial charge >= 0.3 is 0 Å². The molecule has 2 aromatic carbocycles. The van der Waals surface area contributed by atoms with Gasteiger partial charge in [0, 0.05) is 19.2 Å². The topological polar surface area (TPSA) is 67.4 Å². The molecule has 0 aromatic heterocycles. The zero-order chi connectivity index (χ0) is 19.8. The minimum atomic E-state index is -0.697. The number of hydrogen-bond donors (Lipinski definition) is 2. The number of carbonyl (C=O) groups excluding carboxylic acids is 2. The summed E-state index contributed by atoms with van der Waals surface area (Å²) in [6.07, 6.45) is 0. The molecule has 2 amide bonds. The average Bonchev–Trinajstić information content (AvgIpc) is 2.65. The fourth-order valence-corrected chi connectivity index (χ4v) is 2.68. The van der Waals surface area contributed by atoms with E-state index in [0.717, 1.165) is 11.1 Å². The van der Waals surface area contributed by atoms with Crippen molar-refractivity contribution >= 4 is 11.8 Å². The molecule has 1 atom stereocenters. The molecule has 0 aliphatic carbocycles. The Balaban J connectivity index is 2.02. The fraction of sp³-hybridized carbons (Fsp3) is 0.333. The minimum Gasteiger partial charge on any atom is -0.380 e. The van der Waals surface area contributed by atoms with Gasteiger partial charge in [0.15, 0.2) is 0 Å². The van der Waals surface area contributed by atoms with Crippen molar-refractivity contribution in [1.82, 2.24) is 10.6 Å². The molecule has 0 aliphatic heterocycles. The second-order valence-corrected chi connectivity index (χ2v) is 6.62. The highest BCUT2D eigenvalue weighted by atomic mass is 19.1. The largest absolute Gasteiger partial charge is 0.380 e. The zero-order valence-electron chi connectivity index (χ0n) is 15.8. The Kier molecular flexibility index (Phi) is 7.49. The van der Waals surface area contributed by atoms with Crippen LogP contribution < -0.4 is 10.6 Å². The molecule has 5 nitrogen and oxygen atoms in total. The van der Waals surface area contributed by atoms with Crippen LogP contribution in [0, 0.1) is 11.7 Å². The van der Waals surface area contributed by atoms with Gasteiger partial charge in [0.05, 0.1) is 6.61 Å². The Bertz CT molecular complexity index is 775. The molecule has 0 fully saturated rings. The molecule has 0 aliphatic rings. The van der Waals surface area contributed by atoms with E-state index < -0.39 is 17.8 Å². The van der Waals surface area contributed by atoms with Crippen molar-refractivity contribution in [3.05, 3.63) is 71.0 Å². The van der Waals surface area contributed by atoms with Crippen molar-refractivity contribution in [2.24, 2.45) is 5.92 Å². The Labute approximate surface area is 158 Å². The summed E-state index contributed by atoms with van der Waals surface area (Å²) in [7, 11) is 1.62. The van der Waals surface area contributed by atoms with E-state index in [2.05, 4.69) is 10.6 Å². The second-order valence-electron chi connectivity index (χ2n) is 6.62. The third-order valence-electron chi connectivity index (χ3n) is 4.21. The summed E-state index contributed by atoms with van der Waals surface area (Å²) in [6, 6.07) is 12.2. The highest BCUT2D eigenvalue weighted by Crippen LogP contribution is 2.11. The number of nitrogens with one attached hydrogen (secondary N) is 2. The molecule has 144 valence electrons. The molecule has 2 rings (SSSR count). The molecule has 0 bridgehead atoms. The lowest BCUT2D eigenvalue weighted by Crippen LogP contribution is -2.49. The van der Waals surface area contributed by atoms with Gasteiger partial charge in [0.1, 0.15) is 11.9 Å². The van der Waals surface area contributed by atoms with Crippen LogP contribution >= 0.6 is 0 Å². The van der Waals surface area contributed by atoms with E-state index >= 15 is 0 Å². The summed E-state index contributed by atoms with van der Waals surface area (Å²) in [5.74, 6) is -1.21. The fourth-order valence-electron chi connectivity index (χ4n) is 2.68. The molecule has 0 radical (unpaired) electrons. The number of benzene rings is 2. The first-order valence-corrected chi connectivity index (χ1v) is 8.82. The van der Waals surface area contributed by atoms with Crippen molar-refractivity contribution in [3.8, 4) is 0 Å². The van der Waals surface area contributed by atoms with E-state index in [1.807, 2.05) is 38.1 Å². The smallest absolute Gasteiger partial charge is 0.251 e. The van der Waals surface area contributed by atoms with Crippen LogP contribution in [-0.2, 0) is 22.7 Å². The van der Waals surface area contributed by atoms with Gasteiger partial charge in [0.2, 0.25) is 5.91 Å². The van der Waals surface area contributed by atoms with Gasteiger partial charge in [0.25, 0.3) is 5.91 Å². The molecule has 0 saturated carbocycles. The van der Waals surface area contributed by atoms with Gasteiger partial charge in [-0.25, -0.2) is 4.39 Å². The monoisotopic (exact) mass is 372 g/mol. The van der Waals surface area contributed by atoms with Gasteiger partial charge in [-0.05, 0) is 41.3 Å². The molecule has 0 saturated heterocycles. The predicted octanol–water partition coefficient (Wildman–Crippen LogP) is 3.04. The number of rotatable bonds is 8. The van der Waals surface area contributed by atoms with Crippen molar-refractivity contribution in [2.75, 3.05) is 7.11 Å². The van der Waals surface area contributed by atoms with Gasteiger partial charge in [-0.3, -0.25) is 9.59 Å². The number of halogens is 1. The quantitative estimate of drug-likeness (QED) is 0.748. The molecule has 0 spiro atoms. The van der Waals surface area contributed by atoms with Crippen LogP contribution in [0.5, 0.6) is 0 Å². The first kappa shape index (κ1) is 20.6.